The third-order valence-corrected chi connectivity index (χ3v) is 16.1. The average Bonchev–Trinajstić information content (AvgIpc) is 1.57. The Morgan fingerprint density at radius 3 is 2.10 bits per heavy atom. The first kappa shape index (κ1) is 66.7. The van der Waals surface area contributed by atoms with E-state index in [2.05, 4.69) is 20.0 Å². The molecule has 0 spiro atoms. The van der Waals surface area contributed by atoms with E-state index in [1.54, 1.807) is 32.9 Å². The van der Waals surface area contributed by atoms with Gasteiger partial charge >= 0.3 is 39.5 Å². The first-order valence-corrected chi connectivity index (χ1v) is 29.2. The molecule has 0 saturated carbocycles. The molecule has 86 heavy (non-hydrogen) atoms. The van der Waals surface area contributed by atoms with Crippen molar-refractivity contribution in [3.63, 3.8) is 0 Å². The molecule has 31 nitrogen and oxygen atoms in total. The minimum atomic E-state index is -5.31. The van der Waals surface area contributed by atoms with Gasteiger partial charge in [-0.25, -0.2) is 50.7 Å². The quantitative estimate of drug-likeness (QED) is 0.0181. The second-order valence-corrected chi connectivity index (χ2v) is 24.0. The molecular weight excluding hydrogens is 1200 g/mol. The van der Waals surface area contributed by atoms with Crippen molar-refractivity contribution < 1.29 is 113 Å². The molecule has 5 aromatic rings. The fourth-order valence-corrected chi connectivity index (χ4v) is 11.4. The second kappa shape index (κ2) is 25.9. The molecule has 12 atom stereocenters. The van der Waals surface area contributed by atoms with Crippen LogP contribution in [0.25, 0.3) is 21.9 Å². The molecule has 7 rings (SSSR count). The second-order valence-electron chi connectivity index (χ2n) is 20.6. The van der Waals surface area contributed by atoms with Gasteiger partial charge in [-0.2, -0.15) is 15.1 Å². The molecule has 5 unspecified atom stereocenters. The summed E-state index contributed by atoms with van der Waals surface area (Å²) in [5, 5.41) is 36.4. The number of rotatable bonds is 26. The number of phosphoric ester groups is 1. The molecule has 7 N–H and O–H groups in total. The highest BCUT2D eigenvalue weighted by Crippen LogP contribution is 2.57. The number of hydrogen-bond donors (Lipinski definition) is 6. The maximum atomic E-state index is 16.9. The van der Waals surface area contributed by atoms with E-state index in [-0.39, 0.29) is 47.2 Å². The van der Waals surface area contributed by atoms with Crippen LogP contribution in [-0.4, -0.2) is 156 Å². The van der Waals surface area contributed by atoms with Crippen LogP contribution >= 0.6 is 15.6 Å². The van der Waals surface area contributed by atoms with E-state index in [9.17, 15) is 48.4 Å². The van der Waals surface area contributed by atoms with Gasteiger partial charge in [-0.05, 0) is 86.3 Å². The van der Waals surface area contributed by atoms with Crippen molar-refractivity contribution in [2.45, 2.75) is 147 Å². The summed E-state index contributed by atoms with van der Waals surface area (Å²) in [6.07, 6.45) is -10.5. The number of imidazole rings is 1. The first-order chi connectivity index (χ1) is 40.1. The number of ether oxygens (including phenoxy) is 8. The maximum absolute atomic E-state index is 16.9. The Kier molecular flexibility index (Phi) is 20.1. The highest BCUT2D eigenvalue weighted by atomic mass is 31.2. The van der Waals surface area contributed by atoms with Gasteiger partial charge in [0.25, 0.3) is 17.3 Å². The normalized spacial score (nSPS) is 26.9. The standard InChI is InChI=1S/C50H65F3N8O23P2/c1-11-72-37-35-36(57-42(54)58-37)61(23-55-35)48(10)47(9,51)40(65)50(53,84-48)22-76-86(71,77-24-73-44(67)80-27(4)5)78-25-74-45(68)81-28(6)20-30-14-12-16-32-31(30)15-13-17-33(32)83-85(70,59-29(7)38(63)79-26(2)3)75-21-49(52)39(64)46(8,69)41(82-49)60-19-18-34(62)56-43(60)66/h12-19,23,26-29,39-41,64-65,69H,11,20-22,24-25H2,1-10H3,(H,59,70)(H2,54,57,58)(H,56,62,66)/t28?,29?,39-,40-,41+,46+,47+,48?,49+,50+,85?,86?/m0/s1. The summed E-state index contributed by atoms with van der Waals surface area (Å²) in [6.45, 7) is 7.59. The Hall–Kier alpha value is -6.81. The number of carbonyl (C=O) groups is 3. The van der Waals surface area contributed by atoms with Crippen LogP contribution in [0.3, 0.4) is 0 Å². The van der Waals surface area contributed by atoms with E-state index >= 15 is 13.2 Å². The number of aromatic nitrogens is 6. The monoisotopic (exact) mass is 1260 g/mol. The molecular formula is C50H65F3N8O23P2. The minimum absolute atomic E-state index is 0.0322. The van der Waals surface area contributed by atoms with Crippen LogP contribution in [0.5, 0.6) is 11.6 Å². The molecule has 2 fully saturated rings. The summed E-state index contributed by atoms with van der Waals surface area (Å²) in [5.74, 6) is -8.59. The molecule has 5 heterocycles. The van der Waals surface area contributed by atoms with E-state index in [1.165, 1.54) is 52.0 Å². The lowest BCUT2D eigenvalue weighted by atomic mass is 9.90. The van der Waals surface area contributed by atoms with Gasteiger partial charge in [0.15, 0.2) is 34.9 Å². The number of fused-ring (bicyclic) bond motifs is 2. The van der Waals surface area contributed by atoms with Gasteiger partial charge in [-0.15, -0.1) is 0 Å². The summed E-state index contributed by atoms with van der Waals surface area (Å²) < 4.78 is 149. The Bertz CT molecular complexity index is 3520. The van der Waals surface area contributed by atoms with Crippen molar-refractivity contribution in [2.24, 2.45) is 0 Å². The van der Waals surface area contributed by atoms with Crippen molar-refractivity contribution in [1.82, 2.24) is 34.2 Å². The number of H-pyrrole nitrogens is 1. The zero-order valence-electron chi connectivity index (χ0n) is 47.8. The number of benzene rings is 2. The van der Waals surface area contributed by atoms with E-state index in [0.717, 1.165) is 43.9 Å². The van der Waals surface area contributed by atoms with Crippen molar-refractivity contribution in [2.75, 3.05) is 39.1 Å². The molecule has 0 aliphatic carbocycles. The fraction of sp³-hybridized carbons (Fsp3) is 0.560. The van der Waals surface area contributed by atoms with E-state index < -0.39 is 143 Å². The van der Waals surface area contributed by atoms with Gasteiger partial charge in [-0.1, -0.05) is 30.3 Å². The SMILES string of the molecule is CCOc1nc(N)nc2c1ncn2C1(C)O[C@](F)(COP(=O)(OCOC(=O)OC(C)C)OCOC(=O)OC(C)Cc2cccc3c(OP(=O)(NC(C)C(=O)OC(C)C)OC[C@@]4(F)O[C@@H](n5ccc(=O)[nH]c5=O)[C@](C)(O)[C@@H]4O)cccc23)[C@@H](O)[C@@]1(C)F. The first-order valence-electron chi connectivity index (χ1n) is 26.2. The zero-order chi connectivity index (χ0) is 63.5. The number of halogens is 3. The molecule has 0 radical (unpaired) electrons. The topological polar surface area (TPSA) is 403 Å². The Morgan fingerprint density at radius 2 is 1.47 bits per heavy atom. The predicted molar refractivity (Wildman–Crippen MR) is 288 cm³/mol. The van der Waals surface area contributed by atoms with Crippen molar-refractivity contribution in [3.8, 4) is 11.6 Å². The van der Waals surface area contributed by atoms with Crippen LogP contribution in [0, 0.1) is 0 Å². The van der Waals surface area contributed by atoms with E-state index in [0.29, 0.717) is 15.5 Å². The van der Waals surface area contributed by atoms with Crippen LogP contribution < -0.4 is 31.3 Å². The van der Waals surface area contributed by atoms with Crippen LogP contribution in [0.2, 0.25) is 0 Å². The average molecular weight is 1270 g/mol. The number of hydrogen-bond acceptors (Lipinski definition) is 27. The summed E-state index contributed by atoms with van der Waals surface area (Å²) >= 11 is 0. The number of phosphoric acid groups is 1. The van der Waals surface area contributed by atoms with Gasteiger partial charge in [0, 0.05) is 24.1 Å². The molecule has 2 aliphatic rings. The third-order valence-electron chi connectivity index (χ3n) is 13.2. The van der Waals surface area contributed by atoms with E-state index in [1.807, 2.05) is 4.98 Å². The van der Waals surface area contributed by atoms with E-state index in [4.69, 9.17) is 66.2 Å². The number of carbonyl (C=O) groups excluding carboxylic acids is 3. The summed E-state index contributed by atoms with van der Waals surface area (Å²) in [6, 6.07) is 8.46. The Balaban J connectivity index is 1.04. The van der Waals surface area contributed by atoms with Gasteiger partial charge < -0.3 is 63.5 Å². The van der Waals surface area contributed by atoms with Crippen molar-refractivity contribution in [1.29, 1.82) is 0 Å². The minimum Gasteiger partial charge on any atom is -0.476 e. The highest BCUT2D eigenvalue weighted by Gasteiger charge is 2.71. The number of nitrogens with one attached hydrogen (secondary N) is 2. The molecule has 2 aromatic carbocycles. The summed E-state index contributed by atoms with van der Waals surface area (Å²) in [5.41, 5.74) is -4.03. The van der Waals surface area contributed by atoms with Crippen LogP contribution in [0.4, 0.5) is 28.7 Å². The molecule has 0 amide bonds. The molecule has 474 valence electrons. The van der Waals surface area contributed by atoms with Gasteiger partial charge in [-0.3, -0.25) is 32.8 Å². The smallest absolute Gasteiger partial charge is 0.476 e. The number of esters is 1. The Labute approximate surface area is 486 Å². The molecule has 2 saturated heterocycles. The number of nitrogen functional groups attached to an aromatic ring is 1. The van der Waals surface area contributed by atoms with Gasteiger partial charge in [0.1, 0.15) is 42.8 Å². The molecule has 0 bridgehead atoms. The number of anilines is 1. The third kappa shape index (κ3) is 14.4. The lowest BCUT2D eigenvalue weighted by Crippen LogP contribution is -2.51. The number of aliphatic hydroxyl groups is 3. The molecule has 36 heteroatoms. The Morgan fingerprint density at radius 1 is 0.837 bits per heavy atom. The number of nitrogens with two attached hydrogens (primary N) is 1. The number of aromatic amines is 1. The maximum Gasteiger partial charge on any atom is 0.510 e. The number of aliphatic hydroxyl groups excluding tert-OH is 2. The number of nitrogens with zero attached hydrogens (tertiary/aromatic N) is 5. The summed E-state index contributed by atoms with van der Waals surface area (Å²) in [4.78, 5) is 76.6. The molecule has 2 aliphatic heterocycles. The van der Waals surface area contributed by atoms with Crippen molar-refractivity contribution >= 4 is 61.7 Å². The van der Waals surface area contributed by atoms with Crippen LogP contribution in [-0.2, 0) is 77.3 Å². The number of alkyl halides is 3. The molecule has 3 aromatic heterocycles. The zero-order valence-corrected chi connectivity index (χ0v) is 49.6. The van der Waals surface area contributed by atoms with Gasteiger partial charge in [0.2, 0.25) is 25.4 Å². The largest absolute Gasteiger partial charge is 0.510 e. The van der Waals surface area contributed by atoms with Gasteiger partial charge in [0.05, 0.1) is 25.1 Å². The lowest BCUT2D eigenvalue weighted by Gasteiger charge is -2.34. The lowest BCUT2D eigenvalue weighted by molar-refractivity contribution is -0.239. The highest BCUT2D eigenvalue weighted by molar-refractivity contribution is 7.52. The fourth-order valence-electron chi connectivity index (χ4n) is 8.93. The predicted octanol–water partition coefficient (Wildman–Crippen LogP) is 5.13. The van der Waals surface area contributed by atoms with Crippen molar-refractivity contribution in [3.05, 3.63) is 81.4 Å². The van der Waals surface area contributed by atoms with Crippen LogP contribution in [0.15, 0.2) is 64.6 Å². The summed E-state index contributed by atoms with van der Waals surface area (Å²) in [7, 11) is -10.3. The van der Waals surface area contributed by atoms with Crippen LogP contribution in [0.1, 0.15) is 81.0 Å².